The Labute approximate surface area is 114 Å². The van der Waals surface area contributed by atoms with Crippen molar-refractivity contribution in [3.63, 3.8) is 0 Å². The minimum absolute atomic E-state index is 0.222. The maximum atomic E-state index is 13.0. The first-order valence-electron chi connectivity index (χ1n) is 6.01. The lowest BCUT2D eigenvalue weighted by molar-refractivity contribution is -0.270. The molecule has 2 aromatic rings. The third-order valence-electron chi connectivity index (χ3n) is 2.95. The van der Waals surface area contributed by atoms with Crippen molar-refractivity contribution < 1.29 is 22.7 Å². The summed E-state index contributed by atoms with van der Waals surface area (Å²) in [5.74, 6) is -0.523. The van der Waals surface area contributed by atoms with Crippen LogP contribution in [0.25, 0.3) is 0 Å². The molecule has 0 bridgehead atoms. The Morgan fingerprint density at radius 1 is 1.05 bits per heavy atom. The number of hydrogen-bond acceptors (Lipinski definition) is 3. The van der Waals surface area contributed by atoms with Gasteiger partial charge in [0, 0.05) is 13.1 Å². The van der Waals surface area contributed by atoms with E-state index in [0.717, 1.165) is 17.9 Å². The molecule has 0 unspecified atom stereocenters. The van der Waals surface area contributed by atoms with Gasteiger partial charge in [0.2, 0.25) is 5.60 Å². The van der Waals surface area contributed by atoms with Gasteiger partial charge >= 0.3 is 6.18 Å². The lowest BCUT2D eigenvalue weighted by Gasteiger charge is -2.28. The Bertz CT molecular complexity index is 525. The first-order chi connectivity index (χ1) is 9.43. The molecule has 0 aliphatic heterocycles. The number of benzene rings is 1. The molecule has 1 aromatic heterocycles. The highest BCUT2D eigenvalue weighted by molar-refractivity contribution is 5.16. The van der Waals surface area contributed by atoms with Crippen molar-refractivity contribution in [1.29, 1.82) is 0 Å². The second-order valence-electron chi connectivity index (χ2n) is 4.42. The predicted octanol–water partition coefficient (Wildman–Crippen LogP) is 2.82. The molecular formula is C14H14F3NO2. The van der Waals surface area contributed by atoms with Crippen molar-refractivity contribution in [3.05, 3.63) is 60.1 Å². The number of aliphatic hydroxyl groups is 1. The third kappa shape index (κ3) is 3.02. The summed E-state index contributed by atoms with van der Waals surface area (Å²) in [6, 6.07) is 11.4. The van der Waals surface area contributed by atoms with Crippen LogP contribution in [0, 0.1) is 0 Å². The predicted molar refractivity (Wildman–Crippen MR) is 66.8 cm³/mol. The molecule has 2 rings (SSSR count). The molecule has 6 heteroatoms. The van der Waals surface area contributed by atoms with Crippen LogP contribution in [0.15, 0.2) is 53.1 Å². The highest BCUT2D eigenvalue weighted by Crippen LogP contribution is 2.38. The molecule has 0 radical (unpaired) electrons. The van der Waals surface area contributed by atoms with Crippen LogP contribution in [-0.2, 0) is 12.1 Å². The monoisotopic (exact) mass is 285 g/mol. The number of alkyl halides is 3. The molecule has 1 heterocycles. The van der Waals surface area contributed by atoms with Crippen molar-refractivity contribution in [2.75, 3.05) is 6.54 Å². The molecule has 108 valence electrons. The lowest BCUT2D eigenvalue weighted by Crippen LogP contribution is -2.49. The zero-order valence-electron chi connectivity index (χ0n) is 10.5. The van der Waals surface area contributed by atoms with Gasteiger partial charge in [0.25, 0.3) is 0 Å². The number of halogens is 3. The van der Waals surface area contributed by atoms with Crippen LogP contribution in [0.1, 0.15) is 11.3 Å². The van der Waals surface area contributed by atoms with E-state index in [2.05, 4.69) is 5.32 Å². The van der Waals surface area contributed by atoms with Crippen LogP contribution in [0.5, 0.6) is 0 Å². The Morgan fingerprint density at radius 2 is 1.75 bits per heavy atom. The van der Waals surface area contributed by atoms with E-state index in [1.165, 1.54) is 6.07 Å². The average molecular weight is 285 g/mol. The van der Waals surface area contributed by atoms with Crippen molar-refractivity contribution in [1.82, 2.24) is 5.32 Å². The van der Waals surface area contributed by atoms with Gasteiger partial charge in [-0.3, -0.25) is 0 Å². The van der Waals surface area contributed by atoms with Crippen molar-refractivity contribution in [2.24, 2.45) is 0 Å². The van der Waals surface area contributed by atoms with Gasteiger partial charge in [0.05, 0.1) is 6.26 Å². The van der Waals surface area contributed by atoms with Gasteiger partial charge in [-0.1, -0.05) is 30.3 Å². The first-order valence-corrected chi connectivity index (χ1v) is 6.01. The normalized spacial score (nSPS) is 15.0. The summed E-state index contributed by atoms with van der Waals surface area (Å²) in [5.41, 5.74) is -2.21. The smallest absolute Gasteiger partial charge is 0.425 e. The Balaban J connectivity index is 2.07. The molecule has 1 atom stereocenters. The van der Waals surface area contributed by atoms with E-state index in [0.29, 0.717) is 0 Å². The summed E-state index contributed by atoms with van der Waals surface area (Å²) in [4.78, 5) is 0. The second-order valence-corrected chi connectivity index (χ2v) is 4.42. The van der Waals surface area contributed by atoms with Gasteiger partial charge in [-0.15, -0.1) is 0 Å². The standard InChI is InChI=1S/C14H14F3NO2/c15-14(16,17)13(19,12-7-4-8-20-12)10-18-9-11-5-2-1-3-6-11/h1-8,18-19H,9-10H2/t13-/m1/s1. The fraction of sp³-hybridized carbons (Fsp3) is 0.286. The molecule has 0 aliphatic carbocycles. The summed E-state index contributed by atoms with van der Waals surface area (Å²) < 4.78 is 43.8. The van der Waals surface area contributed by atoms with Gasteiger partial charge in [-0.05, 0) is 17.7 Å². The van der Waals surface area contributed by atoms with E-state index in [1.54, 1.807) is 24.3 Å². The third-order valence-corrected chi connectivity index (χ3v) is 2.95. The van der Waals surface area contributed by atoms with Crippen LogP contribution in [0.3, 0.4) is 0 Å². The van der Waals surface area contributed by atoms with Crippen LogP contribution in [-0.4, -0.2) is 17.8 Å². The van der Waals surface area contributed by atoms with Crippen LogP contribution in [0.2, 0.25) is 0 Å². The molecule has 20 heavy (non-hydrogen) atoms. The molecule has 0 saturated carbocycles. The molecule has 2 N–H and O–H groups in total. The SMILES string of the molecule is O[C@](CNCc1ccccc1)(c1ccco1)C(F)(F)F. The highest BCUT2D eigenvalue weighted by Gasteiger charge is 2.56. The van der Waals surface area contributed by atoms with E-state index in [4.69, 9.17) is 4.42 Å². The summed E-state index contributed by atoms with van der Waals surface area (Å²) in [7, 11) is 0. The van der Waals surface area contributed by atoms with E-state index >= 15 is 0 Å². The summed E-state index contributed by atoms with van der Waals surface area (Å²) in [6.07, 6.45) is -3.72. The first kappa shape index (κ1) is 14.6. The Morgan fingerprint density at radius 3 is 2.30 bits per heavy atom. The van der Waals surface area contributed by atoms with Gasteiger partial charge in [0.1, 0.15) is 5.76 Å². The fourth-order valence-corrected chi connectivity index (χ4v) is 1.82. The maximum absolute atomic E-state index is 13.0. The summed E-state index contributed by atoms with van der Waals surface area (Å²) >= 11 is 0. The summed E-state index contributed by atoms with van der Waals surface area (Å²) in [5, 5.41) is 12.5. The molecule has 0 fully saturated rings. The zero-order chi connectivity index (χ0) is 14.6. The second kappa shape index (κ2) is 5.68. The van der Waals surface area contributed by atoms with E-state index in [9.17, 15) is 18.3 Å². The van der Waals surface area contributed by atoms with Crippen molar-refractivity contribution >= 4 is 0 Å². The largest absolute Gasteiger partial charge is 0.466 e. The Hall–Kier alpha value is -1.79. The van der Waals surface area contributed by atoms with Gasteiger partial charge in [0.15, 0.2) is 0 Å². The molecular weight excluding hydrogens is 271 g/mol. The van der Waals surface area contributed by atoms with Crippen LogP contribution >= 0.6 is 0 Å². The van der Waals surface area contributed by atoms with Crippen LogP contribution < -0.4 is 5.32 Å². The zero-order valence-corrected chi connectivity index (χ0v) is 10.5. The highest BCUT2D eigenvalue weighted by atomic mass is 19.4. The van der Waals surface area contributed by atoms with Gasteiger partial charge in [-0.25, -0.2) is 0 Å². The number of rotatable bonds is 5. The number of hydrogen-bond donors (Lipinski definition) is 2. The minimum Gasteiger partial charge on any atom is -0.466 e. The van der Waals surface area contributed by atoms with E-state index in [-0.39, 0.29) is 6.54 Å². The molecule has 0 spiro atoms. The van der Waals surface area contributed by atoms with Crippen molar-refractivity contribution in [3.8, 4) is 0 Å². The average Bonchev–Trinajstić information content (AvgIpc) is 2.92. The molecule has 0 amide bonds. The molecule has 0 aliphatic rings. The summed E-state index contributed by atoms with van der Waals surface area (Å²) in [6.45, 7) is -0.459. The molecule has 1 aromatic carbocycles. The van der Waals surface area contributed by atoms with E-state index in [1.807, 2.05) is 6.07 Å². The number of furan rings is 1. The van der Waals surface area contributed by atoms with Gasteiger partial charge in [-0.2, -0.15) is 13.2 Å². The lowest BCUT2D eigenvalue weighted by atomic mass is 10.00. The number of nitrogens with one attached hydrogen (secondary N) is 1. The Kier molecular flexibility index (Phi) is 4.15. The molecule has 0 saturated heterocycles. The molecule has 3 nitrogen and oxygen atoms in total. The quantitative estimate of drug-likeness (QED) is 0.888. The fourth-order valence-electron chi connectivity index (χ4n) is 1.82. The van der Waals surface area contributed by atoms with Crippen molar-refractivity contribution in [2.45, 2.75) is 18.3 Å². The van der Waals surface area contributed by atoms with Crippen LogP contribution in [0.4, 0.5) is 13.2 Å². The van der Waals surface area contributed by atoms with E-state index < -0.39 is 24.1 Å². The minimum atomic E-state index is -4.82. The van der Waals surface area contributed by atoms with Gasteiger partial charge < -0.3 is 14.8 Å². The topological polar surface area (TPSA) is 45.4 Å². The maximum Gasteiger partial charge on any atom is 0.425 e.